The summed E-state index contributed by atoms with van der Waals surface area (Å²) in [7, 11) is 0. The Bertz CT molecular complexity index is 290. The molecule has 0 saturated heterocycles. The van der Waals surface area contributed by atoms with E-state index in [1.807, 2.05) is 0 Å². The van der Waals surface area contributed by atoms with Crippen molar-refractivity contribution in [3.63, 3.8) is 0 Å². The zero-order valence-corrected chi connectivity index (χ0v) is 11.4. The van der Waals surface area contributed by atoms with Crippen molar-refractivity contribution in [3.8, 4) is 0 Å². The average molecular weight is 233 g/mol. The van der Waals surface area contributed by atoms with Crippen LogP contribution >= 0.6 is 0 Å². The van der Waals surface area contributed by atoms with Gasteiger partial charge in [0.15, 0.2) is 0 Å². The van der Waals surface area contributed by atoms with Crippen molar-refractivity contribution in [1.82, 2.24) is 5.32 Å². The van der Waals surface area contributed by atoms with E-state index >= 15 is 0 Å². The Labute approximate surface area is 106 Å². The highest BCUT2D eigenvalue weighted by Crippen LogP contribution is 2.45. The molecule has 0 aromatic heterocycles. The standard InChI is InChI=1S/C16H27N/c1-11(14-5-3-4-6-14)17-12(2)16-10-13-7-8-15(16)9-13/h7-8,11-17H,3-6,9-10H2,1-2H3/t11-,12?,13?,15?,16?/m1/s1. The molecule has 0 aliphatic heterocycles. The summed E-state index contributed by atoms with van der Waals surface area (Å²) in [6, 6.07) is 1.45. The molecule has 2 saturated carbocycles. The highest BCUT2D eigenvalue weighted by molar-refractivity contribution is 5.11. The van der Waals surface area contributed by atoms with Crippen LogP contribution in [0.25, 0.3) is 0 Å². The van der Waals surface area contributed by atoms with E-state index in [-0.39, 0.29) is 0 Å². The molecule has 1 N–H and O–H groups in total. The Balaban J connectivity index is 1.52. The predicted molar refractivity (Wildman–Crippen MR) is 72.9 cm³/mol. The van der Waals surface area contributed by atoms with E-state index in [0.29, 0.717) is 6.04 Å². The molecule has 17 heavy (non-hydrogen) atoms. The molecule has 0 amide bonds. The molecule has 0 spiro atoms. The van der Waals surface area contributed by atoms with Gasteiger partial charge in [-0.2, -0.15) is 0 Å². The lowest BCUT2D eigenvalue weighted by atomic mass is 9.86. The van der Waals surface area contributed by atoms with Gasteiger partial charge in [0.25, 0.3) is 0 Å². The molecule has 3 rings (SSSR count). The predicted octanol–water partition coefficient (Wildman–Crippen LogP) is 3.76. The van der Waals surface area contributed by atoms with Crippen LogP contribution in [0.5, 0.6) is 0 Å². The normalized spacial score (nSPS) is 40.0. The second-order valence-electron chi connectivity index (χ2n) is 6.73. The third-order valence-electron chi connectivity index (χ3n) is 5.61. The van der Waals surface area contributed by atoms with Gasteiger partial charge in [0.1, 0.15) is 0 Å². The number of nitrogens with one attached hydrogen (secondary N) is 1. The maximum Gasteiger partial charge on any atom is 0.00754 e. The Hall–Kier alpha value is -0.300. The zero-order chi connectivity index (χ0) is 11.8. The van der Waals surface area contributed by atoms with Crippen molar-refractivity contribution in [3.05, 3.63) is 12.2 Å². The molecule has 0 aromatic carbocycles. The van der Waals surface area contributed by atoms with Crippen molar-refractivity contribution in [2.75, 3.05) is 0 Å². The Morgan fingerprint density at radius 2 is 1.76 bits per heavy atom. The Morgan fingerprint density at radius 3 is 2.35 bits per heavy atom. The zero-order valence-electron chi connectivity index (χ0n) is 11.4. The van der Waals surface area contributed by atoms with Gasteiger partial charge in [-0.1, -0.05) is 25.0 Å². The summed E-state index contributed by atoms with van der Waals surface area (Å²) in [5.74, 6) is 3.66. The monoisotopic (exact) mass is 233 g/mol. The van der Waals surface area contributed by atoms with Crippen LogP contribution in [0.1, 0.15) is 52.4 Å². The minimum absolute atomic E-state index is 0.713. The largest absolute Gasteiger partial charge is 0.311 e. The molecular weight excluding hydrogens is 206 g/mol. The van der Waals surface area contributed by atoms with Gasteiger partial charge in [0.05, 0.1) is 0 Å². The van der Waals surface area contributed by atoms with Crippen LogP contribution in [0.15, 0.2) is 12.2 Å². The van der Waals surface area contributed by atoms with Gasteiger partial charge in [-0.15, -0.1) is 0 Å². The van der Waals surface area contributed by atoms with Crippen LogP contribution in [0.4, 0.5) is 0 Å². The lowest BCUT2D eigenvalue weighted by Crippen LogP contribution is -2.43. The van der Waals surface area contributed by atoms with Crippen molar-refractivity contribution in [2.45, 2.75) is 64.5 Å². The molecule has 2 fully saturated rings. The van der Waals surface area contributed by atoms with Gasteiger partial charge in [-0.3, -0.25) is 0 Å². The Morgan fingerprint density at radius 1 is 1.00 bits per heavy atom. The topological polar surface area (TPSA) is 12.0 Å². The third kappa shape index (κ3) is 2.31. The smallest absolute Gasteiger partial charge is 0.00754 e. The van der Waals surface area contributed by atoms with Crippen LogP contribution in [0.2, 0.25) is 0 Å². The van der Waals surface area contributed by atoms with Gasteiger partial charge in [0.2, 0.25) is 0 Å². The van der Waals surface area contributed by atoms with Crippen molar-refractivity contribution in [1.29, 1.82) is 0 Å². The van der Waals surface area contributed by atoms with E-state index in [0.717, 1.165) is 29.7 Å². The van der Waals surface area contributed by atoms with Gasteiger partial charge < -0.3 is 5.32 Å². The van der Waals surface area contributed by atoms with Gasteiger partial charge >= 0.3 is 0 Å². The summed E-state index contributed by atoms with van der Waals surface area (Å²) < 4.78 is 0. The van der Waals surface area contributed by atoms with Crippen molar-refractivity contribution >= 4 is 0 Å². The summed E-state index contributed by atoms with van der Waals surface area (Å²) in [4.78, 5) is 0. The summed E-state index contributed by atoms with van der Waals surface area (Å²) in [5, 5.41) is 3.91. The molecule has 1 nitrogen and oxygen atoms in total. The SMILES string of the molecule is CC(N[C@H](C)C1CCCC1)C1CC2C=CC1C2. The highest BCUT2D eigenvalue weighted by atomic mass is 15.0. The van der Waals surface area contributed by atoms with E-state index in [1.54, 1.807) is 0 Å². The van der Waals surface area contributed by atoms with Crippen LogP contribution in [-0.4, -0.2) is 12.1 Å². The molecule has 3 aliphatic rings. The van der Waals surface area contributed by atoms with Crippen LogP contribution < -0.4 is 5.32 Å². The average Bonchev–Trinajstić information content (AvgIpc) is 3.05. The number of hydrogen-bond acceptors (Lipinski definition) is 1. The van der Waals surface area contributed by atoms with Crippen molar-refractivity contribution in [2.24, 2.45) is 23.7 Å². The number of rotatable bonds is 4. The fraction of sp³-hybridized carbons (Fsp3) is 0.875. The third-order valence-corrected chi connectivity index (χ3v) is 5.61. The molecular formula is C16H27N. The molecule has 4 unspecified atom stereocenters. The van der Waals surface area contributed by atoms with Crippen LogP contribution in [-0.2, 0) is 0 Å². The van der Waals surface area contributed by atoms with E-state index in [9.17, 15) is 0 Å². The van der Waals surface area contributed by atoms with E-state index in [1.165, 1.54) is 38.5 Å². The summed E-state index contributed by atoms with van der Waals surface area (Å²) in [6.45, 7) is 4.83. The second-order valence-corrected chi connectivity index (χ2v) is 6.73. The second kappa shape index (κ2) is 4.76. The quantitative estimate of drug-likeness (QED) is 0.729. The molecule has 0 aromatic rings. The Kier molecular flexibility index (Phi) is 3.30. The summed E-state index contributed by atoms with van der Waals surface area (Å²) in [5.41, 5.74) is 0. The first kappa shape index (κ1) is 11.8. The van der Waals surface area contributed by atoms with Crippen LogP contribution in [0, 0.1) is 23.7 Å². The number of fused-ring (bicyclic) bond motifs is 2. The first-order valence-corrected chi connectivity index (χ1v) is 7.68. The highest BCUT2D eigenvalue weighted by Gasteiger charge is 2.39. The minimum Gasteiger partial charge on any atom is -0.311 e. The fourth-order valence-electron chi connectivity index (χ4n) is 4.53. The molecule has 1 heteroatoms. The lowest BCUT2D eigenvalue weighted by molar-refractivity contribution is 0.269. The fourth-order valence-corrected chi connectivity index (χ4v) is 4.53. The molecule has 5 atom stereocenters. The number of allylic oxidation sites excluding steroid dienone is 2. The number of hydrogen-bond donors (Lipinski definition) is 1. The van der Waals surface area contributed by atoms with E-state index in [4.69, 9.17) is 0 Å². The lowest BCUT2D eigenvalue weighted by Gasteiger charge is -2.31. The first-order chi connectivity index (χ1) is 8.24. The van der Waals surface area contributed by atoms with E-state index < -0.39 is 0 Å². The van der Waals surface area contributed by atoms with E-state index in [2.05, 4.69) is 31.3 Å². The summed E-state index contributed by atoms with van der Waals surface area (Å²) >= 11 is 0. The molecule has 0 radical (unpaired) electrons. The van der Waals surface area contributed by atoms with Gasteiger partial charge in [0, 0.05) is 12.1 Å². The summed E-state index contributed by atoms with van der Waals surface area (Å²) in [6.07, 6.45) is 13.6. The maximum absolute atomic E-state index is 3.91. The maximum atomic E-state index is 3.91. The molecule has 3 aliphatic carbocycles. The van der Waals surface area contributed by atoms with Crippen molar-refractivity contribution < 1.29 is 0 Å². The minimum atomic E-state index is 0.713. The van der Waals surface area contributed by atoms with Crippen LogP contribution in [0.3, 0.4) is 0 Å². The first-order valence-electron chi connectivity index (χ1n) is 7.68. The molecule has 96 valence electrons. The molecule has 2 bridgehead atoms. The molecule has 0 heterocycles. The van der Waals surface area contributed by atoms with Gasteiger partial charge in [-0.05, 0) is 63.2 Å². The van der Waals surface area contributed by atoms with Gasteiger partial charge in [-0.25, -0.2) is 0 Å².